The largest absolute Gasteiger partial charge is 0.353 e. The van der Waals surface area contributed by atoms with Crippen molar-refractivity contribution in [2.24, 2.45) is 11.7 Å². The normalized spacial score (nSPS) is 32.1. The van der Waals surface area contributed by atoms with E-state index in [1.54, 1.807) is 11.8 Å². The van der Waals surface area contributed by atoms with Gasteiger partial charge in [-0.05, 0) is 32.9 Å². The number of nitrogens with one attached hydrogen (secondary N) is 1. The fraction of sp³-hybridized carbons (Fsp3) is 0.917. The highest BCUT2D eigenvalue weighted by Crippen LogP contribution is 2.31. The molecule has 94 valence electrons. The standard InChI is InChI=1S/C12H24N2OS/c1-9(8-16-3)14-11(15)10-6-4-5-7-12(10,2)13/h9-10H,4-8,13H2,1-3H3,(H,14,15). The Hall–Kier alpha value is -0.220. The Balaban J connectivity index is 2.51. The molecule has 16 heavy (non-hydrogen) atoms. The van der Waals surface area contributed by atoms with Gasteiger partial charge < -0.3 is 11.1 Å². The predicted octanol–water partition coefficient (Wildman–Crippen LogP) is 1.76. The number of nitrogens with two attached hydrogens (primary N) is 1. The second-order valence-electron chi connectivity index (χ2n) is 5.17. The topological polar surface area (TPSA) is 55.1 Å². The molecule has 3 nitrogen and oxygen atoms in total. The first-order valence-electron chi connectivity index (χ1n) is 6.05. The summed E-state index contributed by atoms with van der Waals surface area (Å²) in [5.41, 5.74) is 5.89. The molecule has 1 saturated carbocycles. The third kappa shape index (κ3) is 3.67. The molecule has 0 aromatic carbocycles. The molecule has 3 N–H and O–H groups in total. The Bertz CT molecular complexity index is 243. The van der Waals surface area contributed by atoms with Crippen LogP contribution in [0.3, 0.4) is 0 Å². The van der Waals surface area contributed by atoms with Gasteiger partial charge in [0, 0.05) is 17.3 Å². The molecule has 1 aliphatic carbocycles. The summed E-state index contributed by atoms with van der Waals surface area (Å²) >= 11 is 1.75. The Morgan fingerprint density at radius 3 is 2.88 bits per heavy atom. The smallest absolute Gasteiger partial charge is 0.225 e. The average molecular weight is 244 g/mol. The number of hydrogen-bond acceptors (Lipinski definition) is 3. The molecule has 0 spiro atoms. The summed E-state index contributed by atoms with van der Waals surface area (Å²) in [5, 5.41) is 3.07. The van der Waals surface area contributed by atoms with Crippen LogP contribution in [0.4, 0.5) is 0 Å². The lowest BCUT2D eigenvalue weighted by Crippen LogP contribution is -2.54. The first-order chi connectivity index (χ1) is 7.47. The second kappa shape index (κ2) is 5.92. The van der Waals surface area contributed by atoms with Crippen molar-refractivity contribution in [3.8, 4) is 0 Å². The Morgan fingerprint density at radius 2 is 2.31 bits per heavy atom. The van der Waals surface area contributed by atoms with Crippen molar-refractivity contribution < 1.29 is 4.79 Å². The molecule has 0 aliphatic heterocycles. The van der Waals surface area contributed by atoms with Crippen molar-refractivity contribution in [1.29, 1.82) is 0 Å². The monoisotopic (exact) mass is 244 g/mol. The molecule has 0 saturated heterocycles. The van der Waals surface area contributed by atoms with E-state index in [2.05, 4.69) is 11.6 Å². The first-order valence-corrected chi connectivity index (χ1v) is 7.45. The maximum atomic E-state index is 12.1. The van der Waals surface area contributed by atoms with Crippen LogP contribution in [0.25, 0.3) is 0 Å². The summed E-state index contributed by atoms with van der Waals surface area (Å²) < 4.78 is 0. The van der Waals surface area contributed by atoms with Crippen LogP contribution >= 0.6 is 11.8 Å². The predicted molar refractivity (Wildman–Crippen MR) is 70.5 cm³/mol. The van der Waals surface area contributed by atoms with Crippen molar-refractivity contribution in [3.05, 3.63) is 0 Å². The van der Waals surface area contributed by atoms with Gasteiger partial charge >= 0.3 is 0 Å². The number of amides is 1. The summed E-state index contributed by atoms with van der Waals surface area (Å²) in [6, 6.07) is 0.236. The van der Waals surface area contributed by atoms with E-state index in [9.17, 15) is 4.79 Å². The van der Waals surface area contributed by atoms with Crippen molar-refractivity contribution in [1.82, 2.24) is 5.32 Å². The maximum absolute atomic E-state index is 12.1. The molecule has 1 rings (SSSR count). The van der Waals surface area contributed by atoms with E-state index in [1.807, 2.05) is 13.8 Å². The highest BCUT2D eigenvalue weighted by atomic mass is 32.2. The van der Waals surface area contributed by atoms with E-state index < -0.39 is 0 Å². The van der Waals surface area contributed by atoms with E-state index in [4.69, 9.17) is 5.73 Å². The number of carbonyl (C=O) groups excluding carboxylic acids is 1. The number of carbonyl (C=O) groups is 1. The van der Waals surface area contributed by atoms with Gasteiger partial charge in [0.1, 0.15) is 0 Å². The zero-order valence-corrected chi connectivity index (χ0v) is 11.4. The van der Waals surface area contributed by atoms with Gasteiger partial charge in [0.25, 0.3) is 0 Å². The van der Waals surface area contributed by atoms with E-state index in [0.29, 0.717) is 0 Å². The van der Waals surface area contributed by atoms with Crippen molar-refractivity contribution in [3.63, 3.8) is 0 Å². The number of thioether (sulfide) groups is 1. The summed E-state index contributed by atoms with van der Waals surface area (Å²) in [5.74, 6) is 1.09. The van der Waals surface area contributed by atoms with Gasteiger partial charge in [0.05, 0.1) is 5.92 Å². The lowest BCUT2D eigenvalue weighted by molar-refractivity contribution is -0.128. The Kier molecular flexibility index (Phi) is 5.12. The van der Waals surface area contributed by atoms with Gasteiger partial charge in [0.2, 0.25) is 5.91 Å². The molecule has 1 aliphatic rings. The van der Waals surface area contributed by atoms with Crippen LogP contribution in [-0.2, 0) is 4.79 Å². The molecule has 1 fully saturated rings. The highest BCUT2D eigenvalue weighted by molar-refractivity contribution is 7.98. The van der Waals surface area contributed by atoms with Crippen LogP contribution in [0.15, 0.2) is 0 Å². The maximum Gasteiger partial charge on any atom is 0.225 e. The second-order valence-corrected chi connectivity index (χ2v) is 6.08. The lowest BCUT2D eigenvalue weighted by Gasteiger charge is -2.37. The third-order valence-electron chi connectivity index (χ3n) is 3.38. The van der Waals surface area contributed by atoms with Gasteiger partial charge in [-0.15, -0.1) is 0 Å². The molecule has 0 aromatic heterocycles. The van der Waals surface area contributed by atoms with E-state index >= 15 is 0 Å². The summed E-state index contributed by atoms with van der Waals surface area (Å²) in [7, 11) is 0. The zero-order valence-electron chi connectivity index (χ0n) is 10.6. The number of hydrogen-bond donors (Lipinski definition) is 2. The SMILES string of the molecule is CSCC(C)NC(=O)C1CCCCC1(C)N. The molecule has 0 bridgehead atoms. The molecular weight excluding hydrogens is 220 g/mol. The summed E-state index contributed by atoms with van der Waals surface area (Å²) in [4.78, 5) is 12.1. The van der Waals surface area contributed by atoms with Gasteiger partial charge in [-0.3, -0.25) is 4.79 Å². The Morgan fingerprint density at radius 1 is 1.62 bits per heavy atom. The van der Waals surface area contributed by atoms with Gasteiger partial charge in [0.15, 0.2) is 0 Å². The average Bonchev–Trinajstić information content (AvgIpc) is 2.16. The van der Waals surface area contributed by atoms with Crippen LogP contribution in [-0.4, -0.2) is 29.5 Å². The molecule has 4 heteroatoms. The summed E-state index contributed by atoms with van der Waals surface area (Å²) in [6.07, 6.45) is 6.22. The van der Waals surface area contributed by atoms with Gasteiger partial charge in [-0.1, -0.05) is 12.8 Å². The van der Waals surface area contributed by atoms with Crippen molar-refractivity contribution in [2.45, 2.75) is 51.1 Å². The van der Waals surface area contributed by atoms with E-state index in [1.165, 1.54) is 0 Å². The van der Waals surface area contributed by atoms with Crippen molar-refractivity contribution >= 4 is 17.7 Å². The van der Waals surface area contributed by atoms with Crippen LogP contribution in [0.1, 0.15) is 39.5 Å². The van der Waals surface area contributed by atoms with E-state index in [-0.39, 0.29) is 23.4 Å². The van der Waals surface area contributed by atoms with Crippen molar-refractivity contribution in [2.75, 3.05) is 12.0 Å². The third-order valence-corrected chi connectivity index (χ3v) is 4.21. The molecule has 1 amide bonds. The van der Waals surface area contributed by atoms with Gasteiger partial charge in [-0.2, -0.15) is 11.8 Å². The molecule has 3 unspecified atom stereocenters. The number of rotatable bonds is 4. The molecular formula is C12H24N2OS. The highest BCUT2D eigenvalue weighted by Gasteiger charge is 2.37. The minimum atomic E-state index is -0.318. The zero-order chi connectivity index (χ0) is 12.2. The Labute approximate surface area is 103 Å². The fourth-order valence-electron chi connectivity index (χ4n) is 2.42. The minimum Gasteiger partial charge on any atom is -0.353 e. The van der Waals surface area contributed by atoms with E-state index in [0.717, 1.165) is 31.4 Å². The van der Waals surface area contributed by atoms with Crippen LogP contribution in [0, 0.1) is 5.92 Å². The fourth-order valence-corrected chi connectivity index (χ4v) is 3.01. The first kappa shape index (κ1) is 13.8. The van der Waals surface area contributed by atoms with Gasteiger partial charge in [-0.25, -0.2) is 0 Å². The lowest BCUT2D eigenvalue weighted by atomic mass is 9.74. The van der Waals surface area contributed by atoms with Crippen LogP contribution in [0.5, 0.6) is 0 Å². The van der Waals surface area contributed by atoms with Crippen LogP contribution < -0.4 is 11.1 Å². The molecule has 0 radical (unpaired) electrons. The van der Waals surface area contributed by atoms with Crippen LogP contribution in [0.2, 0.25) is 0 Å². The summed E-state index contributed by atoms with van der Waals surface area (Å²) in [6.45, 7) is 4.06. The minimum absolute atomic E-state index is 0.00874. The molecule has 0 heterocycles. The molecule has 0 aromatic rings. The molecule has 3 atom stereocenters. The quantitative estimate of drug-likeness (QED) is 0.792.